The molecule has 1 saturated heterocycles. The van der Waals surface area contributed by atoms with Crippen LogP contribution in [0.1, 0.15) is 49.2 Å². The van der Waals surface area contributed by atoms with Crippen molar-refractivity contribution in [2.75, 3.05) is 26.7 Å². The Hall–Kier alpha value is -1.85. The van der Waals surface area contributed by atoms with Gasteiger partial charge in [-0.3, -0.25) is 9.69 Å². The summed E-state index contributed by atoms with van der Waals surface area (Å²) in [5.41, 5.74) is 1.46. The number of nitrogens with one attached hydrogen (secondary N) is 1. The highest BCUT2D eigenvalue weighted by molar-refractivity contribution is 5.99. The standard InChI is InChI=1S/C20H28N2O3/c1-20(2,22-11-7-4-8-12-22)14-21-19(23)18-16(13-24-3)15-9-5-6-10-17(15)25-18/h5-6,9-10H,4,7-8,11-14H2,1-3H3,(H,21,23). The summed E-state index contributed by atoms with van der Waals surface area (Å²) in [5, 5.41) is 4.00. The van der Waals surface area contributed by atoms with Crippen molar-refractivity contribution in [2.45, 2.75) is 45.3 Å². The molecule has 25 heavy (non-hydrogen) atoms. The van der Waals surface area contributed by atoms with Crippen molar-refractivity contribution in [1.82, 2.24) is 10.2 Å². The van der Waals surface area contributed by atoms with Gasteiger partial charge in [0.05, 0.1) is 6.61 Å². The first-order valence-corrected chi connectivity index (χ1v) is 9.05. The number of benzene rings is 1. The molecular formula is C20H28N2O3. The number of nitrogens with zero attached hydrogens (tertiary/aromatic N) is 1. The average Bonchev–Trinajstić information content (AvgIpc) is 3.00. The number of amides is 1. The fraction of sp³-hybridized carbons (Fsp3) is 0.550. The highest BCUT2D eigenvalue weighted by Gasteiger charge is 2.29. The summed E-state index contributed by atoms with van der Waals surface area (Å²) in [6.45, 7) is 7.52. The van der Waals surface area contributed by atoms with Gasteiger partial charge in [0.2, 0.25) is 0 Å². The maximum Gasteiger partial charge on any atom is 0.287 e. The second kappa shape index (κ2) is 7.58. The first kappa shape index (κ1) is 18.0. The molecule has 2 heterocycles. The van der Waals surface area contributed by atoms with E-state index < -0.39 is 0 Å². The quantitative estimate of drug-likeness (QED) is 0.870. The van der Waals surface area contributed by atoms with Gasteiger partial charge in [0.25, 0.3) is 5.91 Å². The third-order valence-corrected chi connectivity index (χ3v) is 5.09. The molecule has 1 amide bonds. The van der Waals surface area contributed by atoms with Crippen molar-refractivity contribution >= 4 is 16.9 Å². The Morgan fingerprint density at radius 3 is 2.68 bits per heavy atom. The second-order valence-electron chi connectivity index (χ2n) is 7.38. The van der Waals surface area contributed by atoms with Crippen LogP contribution in [0.2, 0.25) is 0 Å². The summed E-state index contributed by atoms with van der Waals surface area (Å²) < 4.78 is 11.1. The van der Waals surface area contributed by atoms with Gasteiger partial charge in [-0.25, -0.2) is 0 Å². The van der Waals surface area contributed by atoms with Crippen LogP contribution in [0.25, 0.3) is 11.0 Å². The molecule has 5 heteroatoms. The first-order valence-electron chi connectivity index (χ1n) is 9.05. The molecule has 3 rings (SSSR count). The molecule has 0 saturated carbocycles. The number of carbonyl (C=O) groups excluding carboxylic acids is 1. The molecule has 0 unspecified atom stereocenters. The largest absolute Gasteiger partial charge is 0.451 e. The Kier molecular flexibility index (Phi) is 5.45. The van der Waals surface area contributed by atoms with Gasteiger partial charge in [-0.05, 0) is 45.8 Å². The fourth-order valence-corrected chi connectivity index (χ4v) is 3.56. The number of ether oxygens (including phenoxy) is 1. The number of carbonyl (C=O) groups is 1. The highest BCUT2D eigenvalue weighted by Crippen LogP contribution is 2.27. The third-order valence-electron chi connectivity index (χ3n) is 5.09. The van der Waals surface area contributed by atoms with Crippen LogP contribution in [0.3, 0.4) is 0 Å². The molecule has 1 aromatic heterocycles. The van der Waals surface area contributed by atoms with Gasteiger partial charge in [0, 0.05) is 30.1 Å². The van der Waals surface area contributed by atoms with Crippen molar-refractivity contribution < 1.29 is 13.9 Å². The molecule has 0 atom stereocenters. The van der Waals surface area contributed by atoms with Gasteiger partial charge >= 0.3 is 0 Å². The van der Waals surface area contributed by atoms with E-state index in [0.717, 1.165) is 29.6 Å². The van der Waals surface area contributed by atoms with E-state index in [4.69, 9.17) is 9.15 Å². The molecular weight excluding hydrogens is 316 g/mol. The number of rotatable bonds is 6. The van der Waals surface area contributed by atoms with E-state index in [1.165, 1.54) is 19.3 Å². The molecule has 0 spiro atoms. The second-order valence-corrected chi connectivity index (χ2v) is 7.38. The molecule has 2 aromatic rings. The van der Waals surface area contributed by atoms with Gasteiger partial charge in [-0.15, -0.1) is 0 Å². The van der Waals surface area contributed by atoms with Crippen LogP contribution in [0.5, 0.6) is 0 Å². The van der Waals surface area contributed by atoms with E-state index >= 15 is 0 Å². The van der Waals surface area contributed by atoms with Crippen molar-refractivity contribution in [3.05, 3.63) is 35.6 Å². The predicted octanol–water partition coefficient (Wildman–Crippen LogP) is 3.57. The molecule has 1 N–H and O–H groups in total. The van der Waals surface area contributed by atoms with E-state index in [-0.39, 0.29) is 11.4 Å². The lowest BCUT2D eigenvalue weighted by molar-refractivity contribution is 0.0777. The summed E-state index contributed by atoms with van der Waals surface area (Å²) in [5.74, 6) is 0.186. The SMILES string of the molecule is COCc1c(C(=O)NCC(C)(C)N2CCCCC2)oc2ccccc12. The van der Waals surface area contributed by atoms with E-state index in [1.807, 2.05) is 24.3 Å². The highest BCUT2D eigenvalue weighted by atomic mass is 16.5. The van der Waals surface area contributed by atoms with Crippen LogP contribution in [0, 0.1) is 0 Å². The lowest BCUT2D eigenvalue weighted by Gasteiger charge is -2.41. The van der Waals surface area contributed by atoms with Gasteiger partial charge in [-0.2, -0.15) is 0 Å². The Bertz CT molecular complexity index is 730. The summed E-state index contributed by atoms with van der Waals surface area (Å²) in [6.07, 6.45) is 3.77. The number of para-hydroxylation sites is 1. The molecule has 5 nitrogen and oxygen atoms in total. The van der Waals surface area contributed by atoms with Crippen molar-refractivity contribution in [3.8, 4) is 0 Å². The van der Waals surface area contributed by atoms with Crippen LogP contribution in [-0.4, -0.2) is 43.1 Å². The Morgan fingerprint density at radius 2 is 1.96 bits per heavy atom. The lowest BCUT2D eigenvalue weighted by atomic mass is 9.98. The minimum absolute atomic E-state index is 0.0660. The molecule has 1 aliphatic heterocycles. The Morgan fingerprint density at radius 1 is 1.24 bits per heavy atom. The number of hydrogen-bond acceptors (Lipinski definition) is 4. The zero-order valence-corrected chi connectivity index (χ0v) is 15.4. The summed E-state index contributed by atoms with van der Waals surface area (Å²) in [7, 11) is 1.63. The Labute approximate surface area is 149 Å². The van der Waals surface area contributed by atoms with Crippen molar-refractivity contribution in [1.29, 1.82) is 0 Å². The maximum absolute atomic E-state index is 12.8. The predicted molar refractivity (Wildman–Crippen MR) is 98.8 cm³/mol. The minimum Gasteiger partial charge on any atom is -0.451 e. The smallest absolute Gasteiger partial charge is 0.287 e. The van der Waals surface area contributed by atoms with Crippen LogP contribution < -0.4 is 5.32 Å². The lowest BCUT2D eigenvalue weighted by Crippen LogP contribution is -2.53. The maximum atomic E-state index is 12.8. The zero-order chi connectivity index (χ0) is 17.9. The number of piperidine rings is 1. The van der Waals surface area contributed by atoms with Crippen LogP contribution >= 0.6 is 0 Å². The Balaban J connectivity index is 1.74. The number of furan rings is 1. The van der Waals surface area contributed by atoms with E-state index in [1.54, 1.807) is 7.11 Å². The number of methoxy groups -OCH3 is 1. The molecule has 0 aliphatic carbocycles. The topological polar surface area (TPSA) is 54.7 Å². The van der Waals surface area contributed by atoms with Gasteiger partial charge in [0.1, 0.15) is 5.58 Å². The van der Waals surface area contributed by atoms with E-state index in [9.17, 15) is 4.79 Å². The van der Waals surface area contributed by atoms with Crippen LogP contribution in [0.4, 0.5) is 0 Å². The van der Waals surface area contributed by atoms with Gasteiger partial charge in [0.15, 0.2) is 5.76 Å². The number of hydrogen-bond donors (Lipinski definition) is 1. The first-order chi connectivity index (χ1) is 12.0. The summed E-state index contributed by atoms with van der Waals surface area (Å²) in [4.78, 5) is 15.2. The van der Waals surface area contributed by atoms with Gasteiger partial charge in [-0.1, -0.05) is 24.6 Å². The molecule has 1 aliphatic rings. The summed E-state index contributed by atoms with van der Waals surface area (Å²) >= 11 is 0. The normalized spacial score (nSPS) is 16.3. The monoisotopic (exact) mass is 344 g/mol. The van der Waals surface area contributed by atoms with Crippen molar-refractivity contribution in [3.63, 3.8) is 0 Å². The summed E-state index contributed by atoms with van der Waals surface area (Å²) in [6, 6.07) is 7.69. The zero-order valence-electron chi connectivity index (χ0n) is 15.4. The van der Waals surface area contributed by atoms with E-state index in [0.29, 0.717) is 18.9 Å². The molecule has 0 radical (unpaired) electrons. The van der Waals surface area contributed by atoms with Crippen LogP contribution in [-0.2, 0) is 11.3 Å². The minimum atomic E-state index is -0.173. The molecule has 0 bridgehead atoms. The third kappa shape index (κ3) is 3.88. The van der Waals surface area contributed by atoms with Crippen LogP contribution in [0.15, 0.2) is 28.7 Å². The van der Waals surface area contributed by atoms with Crippen molar-refractivity contribution in [2.24, 2.45) is 0 Å². The number of fused-ring (bicyclic) bond motifs is 1. The van der Waals surface area contributed by atoms with Gasteiger partial charge < -0.3 is 14.5 Å². The molecule has 1 fully saturated rings. The van der Waals surface area contributed by atoms with E-state index in [2.05, 4.69) is 24.1 Å². The molecule has 136 valence electrons. The number of likely N-dealkylation sites (tertiary alicyclic amines) is 1. The fourth-order valence-electron chi connectivity index (χ4n) is 3.56. The molecule has 1 aromatic carbocycles. The average molecular weight is 344 g/mol.